The first-order valence-electron chi connectivity index (χ1n) is 6.99. The van der Waals surface area contributed by atoms with Gasteiger partial charge in [-0.15, -0.1) is 11.8 Å². The van der Waals surface area contributed by atoms with E-state index in [1.807, 2.05) is 24.3 Å². The van der Waals surface area contributed by atoms with Crippen LogP contribution in [0.1, 0.15) is 21.5 Å². The maximum absolute atomic E-state index is 12.0. The van der Waals surface area contributed by atoms with Crippen LogP contribution in [-0.4, -0.2) is 17.6 Å². The molecule has 0 saturated heterocycles. The van der Waals surface area contributed by atoms with E-state index in [0.717, 1.165) is 15.8 Å². The van der Waals surface area contributed by atoms with E-state index in [0.29, 0.717) is 22.6 Å². The molecular weight excluding hydrogens is 376 g/mol. The molecule has 2 amide bonds. The van der Waals surface area contributed by atoms with E-state index in [4.69, 9.17) is 5.73 Å². The lowest BCUT2D eigenvalue weighted by molar-refractivity contribution is -0.113. The van der Waals surface area contributed by atoms with Crippen LogP contribution < -0.4 is 11.1 Å². The standard InChI is InChI=1S/C17H17BrN2O2S/c1-11-14(17(19)22)3-2-4-15(11)20-16(21)10-23-9-12-5-7-13(18)8-6-12/h2-8H,9-10H2,1H3,(H2,19,22)(H,20,21). The minimum Gasteiger partial charge on any atom is -0.366 e. The SMILES string of the molecule is Cc1c(NC(=O)CSCc2ccc(Br)cc2)cccc1C(N)=O. The summed E-state index contributed by atoms with van der Waals surface area (Å²) >= 11 is 4.93. The number of nitrogens with one attached hydrogen (secondary N) is 1. The van der Waals surface area contributed by atoms with Crippen LogP contribution in [0.25, 0.3) is 0 Å². The number of halogens is 1. The second-order valence-electron chi connectivity index (χ2n) is 5.01. The minimum absolute atomic E-state index is 0.100. The van der Waals surface area contributed by atoms with Gasteiger partial charge in [-0.2, -0.15) is 0 Å². The van der Waals surface area contributed by atoms with Crippen LogP contribution in [0.4, 0.5) is 5.69 Å². The maximum Gasteiger partial charge on any atom is 0.249 e. The molecule has 6 heteroatoms. The van der Waals surface area contributed by atoms with E-state index >= 15 is 0 Å². The zero-order chi connectivity index (χ0) is 16.8. The minimum atomic E-state index is -0.497. The summed E-state index contributed by atoms with van der Waals surface area (Å²) in [5.41, 5.74) is 8.20. The molecule has 120 valence electrons. The summed E-state index contributed by atoms with van der Waals surface area (Å²) in [6.45, 7) is 1.77. The Morgan fingerprint density at radius 3 is 2.52 bits per heavy atom. The molecule has 0 aliphatic carbocycles. The summed E-state index contributed by atoms with van der Waals surface area (Å²) < 4.78 is 1.04. The number of rotatable bonds is 6. The second kappa shape index (κ2) is 8.17. The molecule has 0 spiro atoms. The van der Waals surface area contributed by atoms with Crippen molar-refractivity contribution in [1.29, 1.82) is 0 Å². The molecule has 0 unspecified atom stereocenters. The van der Waals surface area contributed by atoms with Gasteiger partial charge in [0.25, 0.3) is 0 Å². The number of hydrogen-bond donors (Lipinski definition) is 2. The Bertz CT molecular complexity index is 717. The number of carbonyl (C=O) groups excluding carboxylic acids is 2. The summed E-state index contributed by atoms with van der Waals surface area (Å²) in [7, 11) is 0. The molecule has 0 aromatic heterocycles. The van der Waals surface area contributed by atoms with Crippen LogP contribution in [0.3, 0.4) is 0 Å². The van der Waals surface area contributed by atoms with Crippen LogP contribution in [0.5, 0.6) is 0 Å². The van der Waals surface area contributed by atoms with E-state index in [-0.39, 0.29) is 5.91 Å². The molecule has 0 bridgehead atoms. The highest BCUT2D eigenvalue weighted by Crippen LogP contribution is 2.20. The van der Waals surface area contributed by atoms with Gasteiger partial charge in [-0.25, -0.2) is 0 Å². The van der Waals surface area contributed by atoms with Crippen molar-refractivity contribution in [2.45, 2.75) is 12.7 Å². The van der Waals surface area contributed by atoms with Crippen molar-refractivity contribution in [2.75, 3.05) is 11.1 Å². The first-order chi connectivity index (χ1) is 11.0. The van der Waals surface area contributed by atoms with E-state index in [1.54, 1.807) is 25.1 Å². The molecule has 0 heterocycles. The number of anilines is 1. The van der Waals surface area contributed by atoms with E-state index < -0.39 is 5.91 Å². The highest BCUT2D eigenvalue weighted by Gasteiger charge is 2.10. The average molecular weight is 393 g/mol. The van der Waals surface area contributed by atoms with Gasteiger partial charge in [0.2, 0.25) is 11.8 Å². The molecular formula is C17H17BrN2O2S. The Morgan fingerprint density at radius 1 is 1.17 bits per heavy atom. The molecule has 0 saturated carbocycles. The Morgan fingerprint density at radius 2 is 1.87 bits per heavy atom. The molecule has 23 heavy (non-hydrogen) atoms. The molecule has 3 N–H and O–H groups in total. The predicted molar refractivity (Wildman–Crippen MR) is 98.6 cm³/mol. The fourth-order valence-corrected chi connectivity index (χ4v) is 3.12. The number of carbonyl (C=O) groups is 2. The number of amides is 2. The monoisotopic (exact) mass is 392 g/mol. The third-order valence-corrected chi connectivity index (χ3v) is 4.82. The van der Waals surface area contributed by atoms with Gasteiger partial charge < -0.3 is 11.1 Å². The summed E-state index contributed by atoms with van der Waals surface area (Å²) in [6, 6.07) is 13.1. The summed E-state index contributed by atoms with van der Waals surface area (Å²) in [4.78, 5) is 23.3. The van der Waals surface area contributed by atoms with Crippen molar-refractivity contribution >= 4 is 45.2 Å². The molecule has 0 aliphatic heterocycles. The fraction of sp³-hybridized carbons (Fsp3) is 0.176. The van der Waals surface area contributed by atoms with Crippen molar-refractivity contribution in [3.05, 3.63) is 63.6 Å². The first-order valence-corrected chi connectivity index (χ1v) is 8.93. The molecule has 2 aromatic rings. The smallest absolute Gasteiger partial charge is 0.249 e. The first kappa shape index (κ1) is 17.6. The van der Waals surface area contributed by atoms with Crippen LogP contribution in [0, 0.1) is 6.92 Å². The molecule has 0 radical (unpaired) electrons. The number of hydrogen-bond acceptors (Lipinski definition) is 3. The van der Waals surface area contributed by atoms with Crippen LogP contribution in [0.15, 0.2) is 46.9 Å². The van der Waals surface area contributed by atoms with Gasteiger partial charge in [0.1, 0.15) is 0 Å². The second-order valence-corrected chi connectivity index (χ2v) is 6.91. The number of nitrogens with two attached hydrogens (primary N) is 1. The lowest BCUT2D eigenvalue weighted by Gasteiger charge is -2.10. The quantitative estimate of drug-likeness (QED) is 0.786. The Balaban J connectivity index is 1.89. The van der Waals surface area contributed by atoms with Gasteiger partial charge in [-0.3, -0.25) is 9.59 Å². The third-order valence-electron chi connectivity index (χ3n) is 3.29. The Hall–Kier alpha value is -1.79. The average Bonchev–Trinajstić information content (AvgIpc) is 2.51. The molecule has 0 atom stereocenters. The Kier molecular flexibility index (Phi) is 6.24. The maximum atomic E-state index is 12.0. The number of benzene rings is 2. The van der Waals surface area contributed by atoms with Crippen molar-refractivity contribution in [3.63, 3.8) is 0 Å². The lowest BCUT2D eigenvalue weighted by atomic mass is 10.1. The van der Waals surface area contributed by atoms with E-state index in [1.165, 1.54) is 11.8 Å². The van der Waals surface area contributed by atoms with Gasteiger partial charge >= 0.3 is 0 Å². The molecule has 0 aliphatic rings. The number of thioether (sulfide) groups is 1. The fourth-order valence-electron chi connectivity index (χ4n) is 2.07. The summed E-state index contributed by atoms with van der Waals surface area (Å²) in [5, 5.41) is 2.83. The number of primary amides is 1. The summed E-state index contributed by atoms with van der Waals surface area (Å²) in [5.74, 6) is 0.511. The lowest BCUT2D eigenvalue weighted by Crippen LogP contribution is -2.18. The van der Waals surface area contributed by atoms with Gasteiger partial charge in [0.15, 0.2) is 0 Å². The molecule has 0 fully saturated rings. The summed E-state index contributed by atoms with van der Waals surface area (Å²) in [6.07, 6.45) is 0. The van der Waals surface area contributed by atoms with Crippen molar-refractivity contribution in [1.82, 2.24) is 0 Å². The van der Waals surface area contributed by atoms with Crippen molar-refractivity contribution in [3.8, 4) is 0 Å². The van der Waals surface area contributed by atoms with Crippen molar-refractivity contribution < 1.29 is 9.59 Å². The largest absolute Gasteiger partial charge is 0.366 e. The molecule has 4 nitrogen and oxygen atoms in total. The van der Waals surface area contributed by atoms with Crippen molar-refractivity contribution in [2.24, 2.45) is 5.73 Å². The van der Waals surface area contributed by atoms with E-state index in [2.05, 4.69) is 21.2 Å². The van der Waals surface area contributed by atoms with Gasteiger partial charge in [0, 0.05) is 21.5 Å². The van der Waals surface area contributed by atoms with Crippen LogP contribution in [0.2, 0.25) is 0 Å². The third kappa shape index (κ3) is 5.11. The predicted octanol–water partition coefficient (Wildman–Crippen LogP) is 3.73. The van der Waals surface area contributed by atoms with E-state index in [9.17, 15) is 9.59 Å². The van der Waals surface area contributed by atoms with Gasteiger partial charge in [-0.1, -0.05) is 34.1 Å². The topological polar surface area (TPSA) is 72.2 Å². The molecule has 2 rings (SSSR count). The zero-order valence-electron chi connectivity index (χ0n) is 12.6. The van der Waals surface area contributed by atoms with Gasteiger partial charge in [0.05, 0.1) is 5.75 Å². The molecule has 2 aromatic carbocycles. The van der Waals surface area contributed by atoms with Crippen LogP contribution in [-0.2, 0) is 10.5 Å². The zero-order valence-corrected chi connectivity index (χ0v) is 15.0. The Labute approximate surface area is 148 Å². The van der Waals surface area contributed by atoms with Crippen LogP contribution >= 0.6 is 27.7 Å². The highest BCUT2D eigenvalue weighted by molar-refractivity contribution is 9.10. The highest BCUT2D eigenvalue weighted by atomic mass is 79.9. The van der Waals surface area contributed by atoms with Gasteiger partial charge in [-0.05, 0) is 42.3 Å². The normalized spacial score (nSPS) is 10.3.